The Morgan fingerprint density at radius 3 is 2.47 bits per heavy atom. The Bertz CT molecular complexity index is 474. The molecule has 1 aromatic carbocycles. The van der Waals surface area contributed by atoms with Gasteiger partial charge in [-0.3, -0.25) is 0 Å². The molecule has 1 aliphatic rings. The summed E-state index contributed by atoms with van der Waals surface area (Å²) in [5.74, 6) is 0.898. The van der Waals surface area contributed by atoms with Crippen molar-refractivity contribution in [2.45, 2.75) is 26.2 Å². The first-order valence-corrected chi connectivity index (χ1v) is 7.08. The van der Waals surface area contributed by atoms with Gasteiger partial charge in [0, 0.05) is 0 Å². The molecule has 2 rings (SSSR count). The molecule has 0 aromatic heterocycles. The van der Waals surface area contributed by atoms with E-state index in [0.29, 0.717) is 11.5 Å². The molecule has 1 fully saturated rings. The number of rotatable bonds is 1. The van der Waals surface area contributed by atoms with Gasteiger partial charge in [0.25, 0.3) is 0 Å². The van der Waals surface area contributed by atoms with E-state index in [1.807, 2.05) is 0 Å². The molecule has 1 aliphatic heterocycles. The molecule has 1 saturated heterocycles. The quantitative estimate of drug-likeness (QED) is 0.733. The van der Waals surface area contributed by atoms with Gasteiger partial charge in [-0.1, -0.05) is 18.2 Å². The van der Waals surface area contributed by atoms with Crippen LogP contribution in [-0.4, -0.2) is 19.9 Å². The van der Waals surface area contributed by atoms with Crippen molar-refractivity contribution in [3.63, 3.8) is 0 Å². The second-order valence-corrected chi connectivity index (χ2v) is 6.67. The zero-order valence-corrected chi connectivity index (χ0v) is 9.97. The predicted molar refractivity (Wildman–Crippen MR) is 61.9 cm³/mol. The summed E-state index contributed by atoms with van der Waals surface area (Å²) in [5, 5.41) is 0. The summed E-state index contributed by atoms with van der Waals surface area (Å²) < 4.78 is 22.7. The molecule has 0 N–H and O–H groups in total. The van der Waals surface area contributed by atoms with Crippen LogP contribution >= 0.6 is 0 Å². The highest BCUT2D eigenvalue weighted by atomic mass is 32.2. The van der Waals surface area contributed by atoms with Crippen molar-refractivity contribution in [2.75, 3.05) is 11.5 Å². The summed E-state index contributed by atoms with van der Waals surface area (Å²) in [6, 6.07) is 6.27. The van der Waals surface area contributed by atoms with E-state index >= 15 is 0 Å². The minimum atomic E-state index is -2.77. The summed E-state index contributed by atoms with van der Waals surface area (Å²) in [5.41, 5.74) is 3.69. The molecule has 0 spiro atoms. The highest BCUT2D eigenvalue weighted by Crippen LogP contribution is 2.29. The summed E-state index contributed by atoms with van der Waals surface area (Å²) in [4.78, 5) is 0. The molecule has 0 aliphatic carbocycles. The molecule has 1 aromatic rings. The Kier molecular flexibility index (Phi) is 2.59. The van der Waals surface area contributed by atoms with E-state index in [2.05, 4.69) is 32.0 Å². The van der Waals surface area contributed by atoms with Gasteiger partial charge >= 0.3 is 0 Å². The lowest BCUT2D eigenvalue weighted by Crippen LogP contribution is -2.04. The lowest BCUT2D eigenvalue weighted by Gasteiger charge is -2.10. The van der Waals surface area contributed by atoms with Crippen LogP contribution in [0, 0.1) is 13.8 Å². The van der Waals surface area contributed by atoms with E-state index < -0.39 is 9.84 Å². The van der Waals surface area contributed by atoms with Gasteiger partial charge in [0.15, 0.2) is 9.84 Å². The molecule has 1 atom stereocenters. The second kappa shape index (κ2) is 3.63. The molecular weight excluding hydrogens is 208 g/mol. The number of hydrogen-bond donors (Lipinski definition) is 0. The lowest BCUT2D eigenvalue weighted by molar-refractivity contribution is 0.601. The highest BCUT2D eigenvalue weighted by molar-refractivity contribution is 7.91. The maximum absolute atomic E-state index is 11.4. The Balaban J connectivity index is 2.28. The first-order chi connectivity index (χ1) is 6.98. The Hall–Kier alpha value is -0.830. The third-order valence-corrected chi connectivity index (χ3v) is 5.00. The lowest BCUT2D eigenvalue weighted by atomic mass is 9.95. The molecule has 0 saturated carbocycles. The van der Waals surface area contributed by atoms with Gasteiger partial charge in [0.2, 0.25) is 0 Å². The van der Waals surface area contributed by atoms with E-state index in [1.165, 1.54) is 16.7 Å². The van der Waals surface area contributed by atoms with Crippen molar-refractivity contribution in [1.82, 2.24) is 0 Å². The molecular formula is C12H16O2S. The summed E-state index contributed by atoms with van der Waals surface area (Å²) >= 11 is 0. The fraction of sp³-hybridized carbons (Fsp3) is 0.500. The van der Waals surface area contributed by atoms with Crippen molar-refractivity contribution >= 4 is 9.84 Å². The van der Waals surface area contributed by atoms with Crippen LogP contribution in [0.4, 0.5) is 0 Å². The number of aryl methyl sites for hydroxylation is 2. The van der Waals surface area contributed by atoms with E-state index in [0.717, 1.165) is 6.42 Å². The molecule has 0 bridgehead atoms. The van der Waals surface area contributed by atoms with E-state index in [9.17, 15) is 8.42 Å². The number of sulfone groups is 1. The molecule has 0 amide bonds. The molecule has 0 unspecified atom stereocenters. The van der Waals surface area contributed by atoms with Crippen LogP contribution in [0.25, 0.3) is 0 Å². The average Bonchev–Trinajstić information content (AvgIpc) is 2.51. The Morgan fingerprint density at radius 1 is 1.20 bits per heavy atom. The highest BCUT2D eigenvalue weighted by Gasteiger charge is 2.28. The molecule has 3 heteroatoms. The molecule has 0 radical (unpaired) electrons. The normalized spacial score (nSPS) is 24.3. The van der Waals surface area contributed by atoms with Crippen molar-refractivity contribution in [1.29, 1.82) is 0 Å². The fourth-order valence-corrected chi connectivity index (χ4v) is 3.86. The first kappa shape index (κ1) is 10.7. The van der Waals surface area contributed by atoms with Crippen LogP contribution in [0.1, 0.15) is 29.0 Å². The topological polar surface area (TPSA) is 34.1 Å². The van der Waals surface area contributed by atoms with Crippen molar-refractivity contribution < 1.29 is 8.42 Å². The van der Waals surface area contributed by atoms with Gasteiger partial charge in [-0.05, 0) is 42.9 Å². The van der Waals surface area contributed by atoms with Crippen molar-refractivity contribution in [3.05, 3.63) is 34.9 Å². The van der Waals surface area contributed by atoms with Gasteiger partial charge < -0.3 is 0 Å². The third kappa shape index (κ3) is 2.23. The number of hydrogen-bond acceptors (Lipinski definition) is 2. The van der Waals surface area contributed by atoms with E-state index in [-0.39, 0.29) is 5.92 Å². The zero-order valence-electron chi connectivity index (χ0n) is 9.16. The van der Waals surface area contributed by atoms with Crippen LogP contribution in [0.2, 0.25) is 0 Å². The van der Waals surface area contributed by atoms with Gasteiger partial charge in [-0.15, -0.1) is 0 Å². The first-order valence-electron chi connectivity index (χ1n) is 5.25. The van der Waals surface area contributed by atoms with Crippen LogP contribution in [0.15, 0.2) is 18.2 Å². The van der Waals surface area contributed by atoms with Crippen molar-refractivity contribution in [2.24, 2.45) is 0 Å². The minimum absolute atomic E-state index is 0.217. The summed E-state index contributed by atoms with van der Waals surface area (Å²) in [6.07, 6.45) is 0.783. The SMILES string of the molecule is Cc1ccc([C@H]2CCS(=O)(=O)C2)cc1C. The van der Waals surface area contributed by atoms with Gasteiger partial charge in [0.05, 0.1) is 11.5 Å². The minimum Gasteiger partial charge on any atom is -0.229 e. The largest absolute Gasteiger partial charge is 0.229 e. The second-order valence-electron chi connectivity index (χ2n) is 4.44. The van der Waals surface area contributed by atoms with Crippen molar-refractivity contribution in [3.8, 4) is 0 Å². The van der Waals surface area contributed by atoms with Gasteiger partial charge in [-0.2, -0.15) is 0 Å². The number of benzene rings is 1. The zero-order chi connectivity index (χ0) is 11.1. The van der Waals surface area contributed by atoms with Crippen LogP contribution < -0.4 is 0 Å². The molecule has 15 heavy (non-hydrogen) atoms. The molecule has 82 valence electrons. The van der Waals surface area contributed by atoms with Gasteiger partial charge in [0.1, 0.15) is 0 Å². The predicted octanol–water partition coefficient (Wildman–Crippen LogP) is 2.21. The van der Waals surface area contributed by atoms with E-state index in [1.54, 1.807) is 0 Å². The Labute approximate surface area is 91.2 Å². The standard InChI is InChI=1S/C12H16O2S/c1-9-3-4-11(7-10(9)2)12-5-6-15(13,14)8-12/h3-4,7,12H,5-6,8H2,1-2H3/t12-/m0/s1. The summed E-state index contributed by atoms with van der Waals surface area (Å²) in [6.45, 7) is 4.15. The summed E-state index contributed by atoms with van der Waals surface area (Å²) in [7, 11) is -2.77. The van der Waals surface area contributed by atoms with Crippen LogP contribution in [-0.2, 0) is 9.84 Å². The monoisotopic (exact) mass is 224 g/mol. The van der Waals surface area contributed by atoms with Crippen LogP contribution in [0.5, 0.6) is 0 Å². The third-order valence-electron chi connectivity index (χ3n) is 3.23. The maximum Gasteiger partial charge on any atom is 0.150 e. The maximum atomic E-state index is 11.4. The van der Waals surface area contributed by atoms with Gasteiger partial charge in [-0.25, -0.2) is 8.42 Å². The van der Waals surface area contributed by atoms with Crippen LogP contribution in [0.3, 0.4) is 0 Å². The fourth-order valence-electron chi connectivity index (χ4n) is 2.08. The average molecular weight is 224 g/mol. The Morgan fingerprint density at radius 2 is 1.93 bits per heavy atom. The molecule has 1 heterocycles. The van der Waals surface area contributed by atoms with E-state index in [4.69, 9.17) is 0 Å². The molecule has 2 nitrogen and oxygen atoms in total. The smallest absolute Gasteiger partial charge is 0.150 e.